The Morgan fingerprint density at radius 3 is 2.37 bits per heavy atom. The van der Waals surface area contributed by atoms with E-state index in [1.165, 1.54) is 22.9 Å². The Bertz CT molecular complexity index is 1780. The van der Waals surface area contributed by atoms with Gasteiger partial charge in [-0.3, -0.25) is 14.4 Å². The molecule has 0 unspecified atom stereocenters. The van der Waals surface area contributed by atoms with Gasteiger partial charge in [0, 0.05) is 35.9 Å². The topological polar surface area (TPSA) is 112 Å². The molecule has 3 N–H and O–H groups in total. The molecular weight excluding hydrogens is 487 g/mol. The molecule has 2 amide bonds. The van der Waals surface area contributed by atoms with Crippen LogP contribution in [0.2, 0.25) is 0 Å². The second kappa shape index (κ2) is 9.51. The first-order valence-electron chi connectivity index (χ1n) is 12.0. The molecule has 0 radical (unpaired) electrons. The monoisotopic (exact) mass is 512 g/mol. The van der Waals surface area contributed by atoms with E-state index in [1.807, 2.05) is 41.8 Å². The summed E-state index contributed by atoms with van der Waals surface area (Å²) >= 11 is 0. The number of aromatic nitrogens is 2. The molecule has 8 nitrogen and oxygen atoms in total. The first-order valence-corrected chi connectivity index (χ1v) is 12.0. The van der Waals surface area contributed by atoms with Crippen molar-refractivity contribution in [2.75, 3.05) is 5.32 Å². The Labute approximate surface area is 217 Å². The number of hydrogen-bond donors (Lipinski definition) is 2. The number of nitrogens with zero attached hydrogens (tertiary/aromatic N) is 2. The highest BCUT2D eigenvalue weighted by Crippen LogP contribution is 2.33. The summed E-state index contributed by atoms with van der Waals surface area (Å²) < 4.78 is 23.6. The number of carbonyl (C=O) groups is 2. The highest BCUT2D eigenvalue weighted by Gasteiger charge is 2.22. The second-order valence-electron chi connectivity index (χ2n) is 8.94. The van der Waals surface area contributed by atoms with Gasteiger partial charge in [0.15, 0.2) is 0 Å². The van der Waals surface area contributed by atoms with Gasteiger partial charge in [-0.05, 0) is 61.4 Å². The minimum atomic E-state index is -0.665. The van der Waals surface area contributed by atoms with Gasteiger partial charge in [-0.2, -0.15) is 4.74 Å². The summed E-state index contributed by atoms with van der Waals surface area (Å²) in [6.45, 7) is 4.13. The number of amides is 2. The molecule has 0 atom stereocenters. The Hall–Kier alpha value is -4.92. The molecule has 0 aliphatic rings. The molecule has 0 aliphatic carbocycles. The summed E-state index contributed by atoms with van der Waals surface area (Å²) in [5.41, 5.74) is 8.89. The molecule has 3 aromatic carbocycles. The van der Waals surface area contributed by atoms with E-state index in [0.29, 0.717) is 34.5 Å². The average Bonchev–Trinajstić information content (AvgIpc) is 3.39. The van der Waals surface area contributed by atoms with Crippen LogP contribution in [-0.2, 0) is 13.6 Å². The quantitative estimate of drug-likeness (QED) is 0.330. The van der Waals surface area contributed by atoms with Gasteiger partial charge < -0.3 is 20.1 Å². The average molecular weight is 513 g/mol. The number of halogens is 1. The van der Waals surface area contributed by atoms with Gasteiger partial charge in [-0.15, -0.1) is 0 Å². The van der Waals surface area contributed by atoms with E-state index in [0.717, 1.165) is 16.8 Å². The van der Waals surface area contributed by atoms with Crippen molar-refractivity contribution >= 4 is 28.4 Å². The van der Waals surface area contributed by atoms with Gasteiger partial charge in [0.25, 0.3) is 11.5 Å². The molecule has 5 rings (SSSR count). The summed E-state index contributed by atoms with van der Waals surface area (Å²) in [6.07, 6.45) is 0. The van der Waals surface area contributed by atoms with Crippen LogP contribution < -0.4 is 16.6 Å². The standard InChI is InChI=1S/C29H25FN4O4/c1-4-34-23(17-8-10-18(11-9-17)24-16(2)38-33(3)29(24)37)15-19-12-13-22(30)25(26(19)34)28(36)32-21-7-5-6-20(14-21)27(31)35/h5-15H,4H2,1-3H3,(H2,31,35)(H,32,36). The summed E-state index contributed by atoms with van der Waals surface area (Å²) in [7, 11) is 1.56. The summed E-state index contributed by atoms with van der Waals surface area (Å²) in [5.74, 6) is -1.41. The number of nitrogens with two attached hydrogens (primary N) is 1. The lowest BCUT2D eigenvalue weighted by atomic mass is 10.0. The first kappa shape index (κ1) is 24.8. The molecule has 2 heterocycles. The van der Waals surface area contributed by atoms with Gasteiger partial charge in [0.2, 0.25) is 5.91 Å². The first-order chi connectivity index (χ1) is 18.2. The lowest BCUT2D eigenvalue weighted by Gasteiger charge is -2.13. The lowest BCUT2D eigenvalue weighted by Crippen LogP contribution is -2.17. The number of carbonyl (C=O) groups excluding carboxylic acids is 2. The van der Waals surface area contributed by atoms with E-state index in [2.05, 4.69) is 5.32 Å². The van der Waals surface area contributed by atoms with Gasteiger partial charge in [-0.1, -0.05) is 30.3 Å². The number of anilines is 1. The van der Waals surface area contributed by atoms with Crippen molar-refractivity contribution in [3.63, 3.8) is 0 Å². The fourth-order valence-corrected chi connectivity index (χ4v) is 4.80. The Kier molecular flexibility index (Phi) is 6.20. The van der Waals surface area contributed by atoms with Crippen LogP contribution >= 0.6 is 0 Å². The van der Waals surface area contributed by atoms with Crippen molar-refractivity contribution in [1.29, 1.82) is 0 Å². The van der Waals surface area contributed by atoms with Crippen molar-refractivity contribution in [3.05, 3.63) is 99.8 Å². The predicted molar refractivity (Wildman–Crippen MR) is 144 cm³/mol. The molecule has 192 valence electrons. The zero-order chi connectivity index (χ0) is 27.1. The smallest absolute Gasteiger partial charge is 0.290 e. The van der Waals surface area contributed by atoms with Crippen molar-refractivity contribution in [3.8, 4) is 22.4 Å². The second-order valence-corrected chi connectivity index (χ2v) is 8.94. The molecular formula is C29H25FN4O4. The molecule has 2 aromatic heterocycles. The summed E-state index contributed by atoms with van der Waals surface area (Å²) in [6, 6.07) is 18.4. The van der Waals surface area contributed by atoms with Crippen molar-refractivity contribution < 1.29 is 18.5 Å². The van der Waals surface area contributed by atoms with Crippen LogP contribution in [0.1, 0.15) is 33.4 Å². The Balaban J connectivity index is 1.57. The number of benzene rings is 3. The van der Waals surface area contributed by atoms with Crippen LogP contribution in [0.15, 0.2) is 76.0 Å². The lowest BCUT2D eigenvalue weighted by molar-refractivity contribution is 0.0995. The number of fused-ring (bicyclic) bond motifs is 1. The van der Waals surface area contributed by atoms with Crippen LogP contribution in [-0.4, -0.2) is 21.1 Å². The molecule has 38 heavy (non-hydrogen) atoms. The third-order valence-electron chi connectivity index (χ3n) is 6.55. The molecule has 0 aliphatic heterocycles. The van der Waals surface area contributed by atoms with Crippen molar-refractivity contribution in [1.82, 2.24) is 9.31 Å². The molecule has 0 fully saturated rings. The molecule has 5 aromatic rings. The third-order valence-corrected chi connectivity index (χ3v) is 6.55. The van der Waals surface area contributed by atoms with E-state index < -0.39 is 17.6 Å². The zero-order valence-electron chi connectivity index (χ0n) is 21.0. The maximum Gasteiger partial charge on any atom is 0.290 e. The minimum absolute atomic E-state index is 0.103. The highest BCUT2D eigenvalue weighted by atomic mass is 19.1. The van der Waals surface area contributed by atoms with Crippen molar-refractivity contribution in [2.45, 2.75) is 20.4 Å². The number of aryl methyl sites for hydroxylation is 3. The third kappa shape index (κ3) is 4.17. The number of nitrogens with one attached hydrogen (secondary N) is 1. The Morgan fingerprint density at radius 2 is 1.74 bits per heavy atom. The van der Waals surface area contributed by atoms with E-state index in [1.54, 1.807) is 32.2 Å². The van der Waals surface area contributed by atoms with Crippen LogP contribution in [0.25, 0.3) is 33.3 Å². The van der Waals surface area contributed by atoms with Crippen LogP contribution in [0.4, 0.5) is 10.1 Å². The van der Waals surface area contributed by atoms with Gasteiger partial charge in [0.1, 0.15) is 11.6 Å². The zero-order valence-corrected chi connectivity index (χ0v) is 21.0. The van der Waals surface area contributed by atoms with E-state index in [4.69, 9.17) is 10.3 Å². The molecule has 0 spiro atoms. The number of hydrogen-bond acceptors (Lipinski definition) is 4. The largest absolute Gasteiger partial charge is 0.381 e. The van der Waals surface area contributed by atoms with Crippen LogP contribution in [0.3, 0.4) is 0 Å². The van der Waals surface area contributed by atoms with Crippen LogP contribution in [0.5, 0.6) is 0 Å². The van der Waals surface area contributed by atoms with Crippen LogP contribution in [0, 0.1) is 12.7 Å². The minimum Gasteiger partial charge on any atom is -0.381 e. The highest BCUT2D eigenvalue weighted by molar-refractivity contribution is 6.13. The molecule has 9 heteroatoms. The van der Waals surface area contributed by atoms with Crippen molar-refractivity contribution in [2.24, 2.45) is 12.8 Å². The maximum atomic E-state index is 15.1. The fraction of sp³-hybridized carbons (Fsp3) is 0.138. The van der Waals surface area contributed by atoms with Gasteiger partial charge >= 0.3 is 0 Å². The van der Waals surface area contributed by atoms with E-state index in [9.17, 15) is 14.4 Å². The molecule has 0 bridgehead atoms. The van der Waals surface area contributed by atoms with Gasteiger partial charge in [-0.25, -0.2) is 4.39 Å². The molecule has 0 saturated heterocycles. The van der Waals surface area contributed by atoms with E-state index in [-0.39, 0.29) is 16.7 Å². The summed E-state index contributed by atoms with van der Waals surface area (Å²) in [4.78, 5) is 37.3. The normalized spacial score (nSPS) is 11.2. The Morgan fingerprint density at radius 1 is 1.03 bits per heavy atom. The fourth-order valence-electron chi connectivity index (χ4n) is 4.80. The number of primary amides is 1. The summed E-state index contributed by atoms with van der Waals surface area (Å²) in [5, 5.41) is 3.38. The number of rotatable bonds is 6. The maximum absolute atomic E-state index is 15.1. The molecule has 0 saturated carbocycles. The van der Waals surface area contributed by atoms with E-state index >= 15 is 4.39 Å². The SMILES string of the molecule is CCn1c(-c2ccc(-c3c(C)on(C)c3=O)cc2)cc2ccc(F)c(C(=O)Nc3cccc(C(N)=O)c3)c21. The predicted octanol–water partition coefficient (Wildman–Crippen LogP) is 5.09. The van der Waals surface area contributed by atoms with Gasteiger partial charge in [0.05, 0.1) is 16.6 Å².